The van der Waals surface area contributed by atoms with Crippen LogP contribution < -0.4 is 0 Å². The number of nitrogens with zero attached hydrogens (tertiary/aromatic N) is 2. The number of aromatic nitrogens is 2. The summed E-state index contributed by atoms with van der Waals surface area (Å²) in [7, 11) is 0. The lowest BCUT2D eigenvalue weighted by molar-refractivity contribution is 1.29. The normalized spacial score (nSPS) is 9.00. The van der Waals surface area contributed by atoms with Gasteiger partial charge in [0.2, 0.25) is 0 Å². The van der Waals surface area contributed by atoms with E-state index >= 15 is 0 Å². The van der Waals surface area contributed by atoms with Crippen LogP contribution in [0.5, 0.6) is 0 Å². The van der Waals surface area contributed by atoms with Crippen LogP contribution in [-0.4, -0.2) is 9.97 Å². The average molecular weight is 241 g/mol. The van der Waals surface area contributed by atoms with Crippen LogP contribution in [-0.2, 0) is 0 Å². The number of halogens is 2. The Bertz CT molecular complexity index is 387. The minimum absolute atomic E-state index is 0.544. The van der Waals surface area contributed by atoms with E-state index in [1.54, 1.807) is 18.5 Å². The van der Waals surface area contributed by atoms with Crippen molar-refractivity contribution in [3.05, 3.63) is 58.6 Å². The summed E-state index contributed by atoms with van der Waals surface area (Å²) in [5.41, 5.74) is 1.14. The van der Waals surface area contributed by atoms with Crippen molar-refractivity contribution in [2.75, 3.05) is 0 Å². The molecule has 0 radical (unpaired) electrons. The van der Waals surface area contributed by atoms with E-state index in [1.807, 2.05) is 31.2 Å². The van der Waals surface area contributed by atoms with Crippen molar-refractivity contribution < 1.29 is 0 Å². The number of aryl methyl sites for hydroxylation is 1. The largest absolute Gasteiger partial charge is 0.245 e. The Morgan fingerprint density at radius 2 is 1.67 bits per heavy atom. The molecule has 0 unspecified atom stereocenters. The fourth-order valence-corrected chi connectivity index (χ4v) is 1.20. The molecule has 0 aliphatic heterocycles. The molecule has 0 N–H and O–H groups in total. The molecule has 0 aromatic carbocycles. The molecule has 0 amide bonds. The van der Waals surface area contributed by atoms with Crippen molar-refractivity contribution in [1.29, 1.82) is 0 Å². The van der Waals surface area contributed by atoms with Crippen LogP contribution in [0, 0.1) is 6.92 Å². The Balaban J connectivity index is 0.000000151. The standard InChI is InChI=1S/C6H6ClN.C5H4ClN/c1-5-2-3-8-6(7)4-5;6-5-3-1-2-4-7-5/h2-4H,1H3;1-4H. The van der Waals surface area contributed by atoms with Crippen LogP contribution in [0.25, 0.3) is 0 Å². The van der Waals surface area contributed by atoms with E-state index in [4.69, 9.17) is 23.2 Å². The first-order valence-electron chi connectivity index (χ1n) is 4.33. The third kappa shape index (κ3) is 5.35. The average Bonchev–Trinajstić information content (AvgIpc) is 2.19. The molecule has 4 heteroatoms. The molecular weight excluding hydrogens is 231 g/mol. The van der Waals surface area contributed by atoms with Crippen molar-refractivity contribution in [2.45, 2.75) is 6.92 Å². The molecular formula is C11H10Cl2N2. The molecule has 0 saturated carbocycles. The molecule has 2 aromatic heterocycles. The highest BCUT2D eigenvalue weighted by molar-refractivity contribution is 6.29. The highest BCUT2D eigenvalue weighted by Crippen LogP contribution is 2.04. The second-order valence-electron chi connectivity index (χ2n) is 2.81. The molecule has 0 saturated heterocycles. The molecule has 15 heavy (non-hydrogen) atoms. The zero-order chi connectivity index (χ0) is 11.1. The van der Waals surface area contributed by atoms with Crippen LogP contribution in [0.2, 0.25) is 10.3 Å². The molecule has 0 fully saturated rings. The van der Waals surface area contributed by atoms with Gasteiger partial charge in [0.1, 0.15) is 10.3 Å². The van der Waals surface area contributed by atoms with E-state index in [0.29, 0.717) is 10.3 Å². The van der Waals surface area contributed by atoms with Crippen molar-refractivity contribution in [2.24, 2.45) is 0 Å². The lowest BCUT2D eigenvalue weighted by Crippen LogP contribution is -1.73. The zero-order valence-electron chi connectivity index (χ0n) is 8.19. The van der Waals surface area contributed by atoms with Gasteiger partial charge in [-0.05, 0) is 36.8 Å². The van der Waals surface area contributed by atoms with Gasteiger partial charge in [-0.15, -0.1) is 0 Å². The summed E-state index contributed by atoms with van der Waals surface area (Å²) in [6.45, 7) is 1.98. The van der Waals surface area contributed by atoms with Crippen LogP contribution in [0.4, 0.5) is 0 Å². The summed E-state index contributed by atoms with van der Waals surface area (Å²) in [4.78, 5) is 7.55. The molecule has 0 bridgehead atoms. The molecule has 2 rings (SSSR count). The van der Waals surface area contributed by atoms with E-state index in [2.05, 4.69) is 9.97 Å². The van der Waals surface area contributed by atoms with E-state index in [0.717, 1.165) is 5.56 Å². The van der Waals surface area contributed by atoms with Gasteiger partial charge in [0, 0.05) is 12.4 Å². The summed E-state index contributed by atoms with van der Waals surface area (Å²) in [5, 5.41) is 1.10. The first kappa shape index (κ1) is 12.0. The lowest BCUT2D eigenvalue weighted by Gasteiger charge is -1.88. The maximum atomic E-state index is 5.53. The second-order valence-corrected chi connectivity index (χ2v) is 3.58. The molecule has 0 spiro atoms. The predicted molar refractivity (Wildman–Crippen MR) is 63.2 cm³/mol. The van der Waals surface area contributed by atoms with Gasteiger partial charge in [-0.2, -0.15) is 0 Å². The van der Waals surface area contributed by atoms with Crippen LogP contribution in [0.15, 0.2) is 42.7 Å². The topological polar surface area (TPSA) is 25.8 Å². The Morgan fingerprint density at radius 1 is 0.933 bits per heavy atom. The Hall–Kier alpha value is -1.12. The lowest BCUT2D eigenvalue weighted by atomic mass is 10.3. The first-order chi connectivity index (χ1) is 7.18. The number of hydrogen-bond acceptors (Lipinski definition) is 2. The van der Waals surface area contributed by atoms with Gasteiger partial charge < -0.3 is 0 Å². The third-order valence-corrected chi connectivity index (χ3v) is 1.94. The van der Waals surface area contributed by atoms with E-state index in [1.165, 1.54) is 0 Å². The zero-order valence-corrected chi connectivity index (χ0v) is 9.70. The maximum absolute atomic E-state index is 5.53. The van der Waals surface area contributed by atoms with Gasteiger partial charge in [-0.25, -0.2) is 9.97 Å². The molecule has 0 aliphatic rings. The third-order valence-electron chi connectivity index (χ3n) is 1.51. The van der Waals surface area contributed by atoms with Gasteiger partial charge in [-0.3, -0.25) is 0 Å². The molecule has 0 aliphatic carbocycles. The van der Waals surface area contributed by atoms with Crippen LogP contribution in [0.3, 0.4) is 0 Å². The summed E-state index contributed by atoms with van der Waals surface area (Å²) in [5.74, 6) is 0. The van der Waals surface area contributed by atoms with E-state index in [9.17, 15) is 0 Å². The number of pyridine rings is 2. The van der Waals surface area contributed by atoms with E-state index in [-0.39, 0.29) is 0 Å². The highest BCUT2D eigenvalue weighted by atomic mass is 35.5. The van der Waals surface area contributed by atoms with Gasteiger partial charge in [-0.1, -0.05) is 29.3 Å². The van der Waals surface area contributed by atoms with Crippen molar-refractivity contribution >= 4 is 23.2 Å². The fraction of sp³-hybridized carbons (Fsp3) is 0.0909. The Kier molecular flexibility index (Phi) is 5.08. The second kappa shape index (κ2) is 6.38. The minimum Gasteiger partial charge on any atom is -0.245 e. The van der Waals surface area contributed by atoms with Crippen LogP contribution in [0.1, 0.15) is 5.56 Å². The molecule has 2 nitrogen and oxygen atoms in total. The molecule has 78 valence electrons. The number of rotatable bonds is 0. The minimum atomic E-state index is 0.544. The summed E-state index contributed by atoms with van der Waals surface area (Å²) in [6, 6.07) is 9.14. The van der Waals surface area contributed by atoms with E-state index < -0.39 is 0 Å². The quantitative estimate of drug-likeness (QED) is 0.656. The molecule has 2 aromatic rings. The monoisotopic (exact) mass is 240 g/mol. The van der Waals surface area contributed by atoms with Crippen molar-refractivity contribution in [3.8, 4) is 0 Å². The molecule has 0 atom stereocenters. The predicted octanol–water partition coefficient (Wildman–Crippen LogP) is 3.78. The smallest absolute Gasteiger partial charge is 0.129 e. The van der Waals surface area contributed by atoms with Crippen LogP contribution >= 0.6 is 23.2 Å². The Morgan fingerprint density at radius 3 is 2.00 bits per heavy atom. The molecule has 2 heterocycles. The SMILES string of the molecule is Cc1ccnc(Cl)c1.Clc1ccccn1. The number of hydrogen-bond donors (Lipinski definition) is 0. The highest BCUT2D eigenvalue weighted by Gasteiger charge is 1.84. The summed E-state index contributed by atoms with van der Waals surface area (Å²) >= 11 is 11.0. The van der Waals surface area contributed by atoms with Gasteiger partial charge in [0.15, 0.2) is 0 Å². The maximum Gasteiger partial charge on any atom is 0.129 e. The van der Waals surface area contributed by atoms with Gasteiger partial charge in [0.05, 0.1) is 0 Å². The van der Waals surface area contributed by atoms with Gasteiger partial charge in [0.25, 0.3) is 0 Å². The first-order valence-corrected chi connectivity index (χ1v) is 5.09. The fourth-order valence-electron chi connectivity index (χ4n) is 0.841. The van der Waals surface area contributed by atoms with Gasteiger partial charge >= 0.3 is 0 Å². The Labute approximate surface area is 98.9 Å². The summed E-state index contributed by atoms with van der Waals surface area (Å²) in [6.07, 6.45) is 3.35. The van der Waals surface area contributed by atoms with Crippen molar-refractivity contribution in [1.82, 2.24) is 9.97 Å². The van der Waals surface area contributed by atoms with Crippen molar-refractivity contribution in [3.63, 3.8) is 0 Å². The summed E-state index contributed by atoms with van der Waals surface area (Å²) < 4.78 is 0.